The Balaban J connectivity index is 2.04. The first-order chi connectivity index (χ1) is 9.10. The first-order valence-corrected chi connectivity index (χ1v) is 6.47. The number of rotatable bonds is 4. The molecule has 0 bridgehead atoms. The monoisotopic (exact) mass is 281 g/mol. The Morgan fingerprint density at radius 1 is 1.47 bits per heavy atom. The highest BCUT2D eigenvalue weighted by Gasteiger charge is 2.48. The summed E-state index contributed by atoms with van der Waals surface area (Å²) in [5.41, 5.74) is 5.61. The fraction of sp³-hybridized carbons (Fsp3) is 0.385. The molecular weight excluding hydrogens is 266 g/mol. The van der Waals surface area contributed by atoms with Crippen molar-refractivity contribution in [2.75, 3.05) is 0 Å². The summed E-state index contributed by atoms with van der Waals surface area (Å²) in [6, 6.07) is 7.30. The second-order valence-corrected chi connectivity index (χ2v) is 5.10. The van der Waals surface area contributed by atoms with E-state index in [1.165, 1.54) is 0 Å². The smallest absolute Gasteiger partial charge is 0.234 e. The van der Waals surface area contributed by atoms with Gasteiger partial charge in [0.15, 0.2) is 5.84 Å². The number of nitrogens with one attached hydrogen (secondary N) is 1. The van der Waals surface area contributed by atoms with Crippen molar-refractivity contribution in [1.29, 1.82) is 0 Å². The lowest BCUT2D eigenvalue weighted by molar-refractivity contribution is -0.131. The van der Waals surface area contributed by atoms with E-state index < -0.39 is 5.41 Å². The maximum atomic E-state index is 12.2. The molecule has 0 unspecified atom stereocenters. The van der Waals surface area contributed by atoms with Gasteiger partial charge >= 0.3 is 0 Å². The van der Waals surface area contributed by atoms with Crippen molar-refractivity contribution < 1.29 is 10.0 Å². The van der Waals surface area contributed by atoms with Gasteiger partial charge in [0.1, 0.15) is 5.41 Å². The number of nitrogens with zero attached hydrogens (tertiary/aromatic N) is 1. The van der Waals surface area contributed by atoms with Crippen LogP contribution in [0.4, 0.5) is 0 Å². The van der Waals surface area contributed by atoms with E-state index in [1.807, 2.05) is 18.2 Å². The van der Waals surface area contributed by atoms with Gasteiger partial charge in [-0.3, -0.25) is 4.79 Å². The molecular formula is C13H16ClN3O2. The number of halogens is 1. The highest BCUT2D eigenvalue weighted by molar-refractivity contribution is 6.31. The second kappa shape index (κ2) is 5.48. The van der Waals surface area contributed by atoms with E-state index in [9.17, 15) is 4.79 Å². The summed E-state index contributed by atoms with van der Waals surface area (Å²) in [5.74, 6) is -0.232. The van der Waals surface area contributed by atoms with Crippen LogP contribution in [0.3, 0.4) is 0 Å². The van der Waals surface area contributed by atoms with Crippen molar-refractivity contribution in [2.45, 2.75) is 25.8 Å². The summed E-state index contributed by atoms with van der Waals surface area (Å²) in [6.45, 7) is 0.332. The van der Waals surface area contributed by atoms with Crippen LogP contribution in [-0.4, -0.2) is 17.0 Å². The van der Waals surface area contributed by atoms with Gasteiger partial charge in [-0.2, -0.15) is 0 Å². The van der Waals surface area contributed by atoms with Crippen LogP contribution in [-0.2, 0) is 11.3 Å². The number of hydrogen-bond acceptors (Lipinski definition) is 3. The first kappa shape index (κ1) is 13.7. The van der Waals surface area contributed by atoms with Crippen molar-refractivity contribution in [3.8, 4) is 0 Å². The number of carbonyl (C=O) groups excluding carboxylic acids is 1. The Morgan fingerprint density at radius 2 is 2.16 bits per heavy atom. The van der Waals surface area contributed by atoms with Gasteiger partial charge in [0.25, 0.3) is 0 Å². The standard InChI is InChI=1S/C13H16ClN3O2/c14-10-5-2-1-4-9(10)8-16-12(18)13(6-3-7-13)11(15)17-19/h1-2,4-5,19H,3,6-8H2,(H2,15,17)(H,16,18). The van der Waals surface area contributed by atoms with E-state index in [-0.39, 0.29) is 11.7 Å². The Labute approximate surface area is 116 Å². The quantitative estimate of drug-likeness (QED) is 0.341. The number of oxime groups is 1. The van der Waals surface area contributed by atoms with E-state index in [0.717, 1.165) is 12.0 Å². The third-order valence-electron chi connectivity index (χ3n) is 3.64. The molecule has 6 heteroatoms. The molecule has 102 valence electrons. The van der Waals surface area contributed by atoms with E-state index in [1.54, 1.807) is 6.07 Å². The maximum absolute atomic E-state index is 12.2. The molecule has 1 fully saturated rings. The normalized spacial score (nSPS) is 17.6. The zero-order chi connectivity index (χ0) is 13.9. The van der Waals surface area contributed by atoms with Gasteiger partial charge in [0.05, 0.1) is 0 Å². The lowest BCUT2D eigenvalue weighted by Gasteiger charge is -2.38. The number of benzene rings is 1. The average Bonchev–Trinajstić information content (AvgIpc) is 2.36. The first-order valence-electron chi connectivity index (χ1n) is 6.10. The molecule has 0 heterocycles. The summed E-state index contributed by atoms with van der Waals surface area (Å²) in [4.78, 5) is 12.2. The summed E-state index contributed by atoms with van der Waals surface area (Å²) < 4.78 is 0. The lowest BCUT2D eigenvalue weighted by atomic mass is 9.67. The Kier molecular flexibility index (Phi) is 3.95. The van der Waals surface area contributed by atoms with Crippen LogP contribution >= 0.6 is 11.6 Å². The highest BCUT2D eigenvalue weighted by atomic mass is 35.5. The Bertz CT molecular complexity index is 512. The topological polar surface area (TPSA) is 87.7 Å². The number of hydrogen-bond donors (Lipinski definition) is 3. The zero-order valence-corrected chi connectivity index (χ0v) is 11.2. The molecule has 1 amide bonds. The minimum absolute atomic E-state index is 0.0181. The second-order valence-electron chi connectivity index (χ2n) is 4.69. The van der Waals surface area contributed by atoms with Crippen LogP contribution in [0.25, 0.3) is 0 Å². The maximum Gasteiger partial charge on any atom is 0.234 e. The molecule has 0 atom stereocenters. The van der Waals surface area contributed by atoms with Crippen LogP contribution in [0, 0.1) is 5.41 Å². The van der Waals surface area contributed by atoms with Crippen LogP contribution in [0.15, 0.2) is 29.4 Å². The van der Waals surface area contributed by atoms with E-state index in [2.05, 4.69) is 10.5 Å². The Hall–Kier alpha value is -1.75. The van der Waals surface area contributed by atoms with Gasteiger partial charge in [0, 0.05) is 11.6 Å². The minimum Gasteiger partial charge on any atom is -0.409 e. The zero-order valence-electron chi connectivity index (χ0n) is 10.4. The average molecular weight is 282 g/mol. The van der Waals surface area contributed by atoms with E-state index in [0.29, 0.717) is 24.4 Å². The van der Waals surface area contributed by atoms with E-state index in [4.69, 9.17) is 22.5 Å². The van der Waals surface area contributed by atoms with Crippen molar-refractivity contribution in [1.82, 2.24) is 5.32 Å². The fourth-order valence-electron chi connectivity index (χ4n) is 2.21. The van der Waals surface area contributed by atoms with Gasteiger partial charge in [-0.25, -0.2) is 0 Å². The summed E-state index contributed by atoms with van der Waals surface area (Å²) in [7, 11) is 0. The molecule has 0 saturated heterocycles. The van der Waals surface area contributed by atoms with Crippen molar-refractivity contribution in [3.63, 3.8) is 0 Å². The summed E-state index contributed by atoms with van der Waals surface area (Å²) in [6.07, 6.45) is 2.12. The van der Waals surface area contributed by atoms with Crippen LogP contribution in [0.5, 0.6) is 0 Å². The van der Waals surface area contributed by atoms with Crippen molar-refractivity contribution in [2.24, 2.45) is 16.3 Å². The summed E-state index contributed by atoms with van der Waals surface area (Å²) >= 11 is 6.02. The predicted octanol–water partition coefficient (Wildman–Crippen LogP) is 1.87. The molecule has 1 aliphatic carbocycles. The molecule has 5 nitrogen and oxygen atoms in total. The number of nitrogens with two attached hydrogens (primary N) is 1. The third-order valence-corrected chi connectivity index (χ3v) is 4.01. The van der Waals surface area contributed by atoms with Gasteiger partial charge in [-0.15, -0.1) is 0 Å². The Morgan fingerprint density at radius 3 is 2.68 bits per heavy atom. The van der Waals surface area contributed by atoms with Crippen molar-refractivity contribution in [3.05, 3.63) is 34.9 Å². The largest absolute Gasteiger partial charge is 0.409 e. The van der Waals surface area contributed by atoms with Crippen molar-refractivity contribution >= 4 is 23.3 Å². The van der Waals surface area contributed by atoms with Gasteiger partial charge in [0.2, 0.25) is 5.91 Å². The molecule has 19 heavy (non-hydrogen) atoms. The molecule has 0 radical (unpaired) electrons. The lowest BCUT2D eigenvalue weighted by Crippen LogP contribution is -2.53. The highest BCUT2D eigenvalue weighted by Crippen LogP contribution is 2.41. The predicted molar refractivity (Wildman–Crippen MR) is 73.0 cm³/mol. The molecule has 0 aromatic heterocycles. The fourth-order valence-corrected chi connectivity index (χ4v) is 2.41. The number of amides is 1. The molecule has 1 saturated carbocycles. The van der Waals surface area contributed by atoms with Crippen LogP contribution in [0.2, 0.25) is 5.02 Å². The molecule has 1 aromatic rings. The van der Waals surface area contributed by atoms with Crippen LogP contribution < -0.4 is 11.1 Å². The van der Waals surface area contributed by atoms with Crippen LogP contribution in [0.1, 0.15) is 24.8 Å². The molecule has 0 spiro atoms. The molecule has 1 aromatic carbocycles. The number of amidine groups is 1. The van der Waals surface area contributed by atoms with E-state index >= 15 is 0 Å². The molecule has 0 aliphatic heterocycles. The summed E-state index contributed by atoms with van der Waals surface area (Å²) in [5, 5.41) is 15.2. The van der Waals surface area contributed by atoms with Gasteiger partial charge in [-0.05, 0) is 24.5 Å². The molecule has 2 rings (SSSR count). The molecule has 1 aliphatic rings. The molecule has 4 N–H and O–H groups in total. The third kappa shape index (κ3) is 2.51. The van der Waals surface area contributed by atoms with Gasteiger partial charge in [-0.1, -0.05) is 41.4 Å². The number of carbonyl (C=O) groups is 1. The SMILES string of the molecule is N/C(=N/O)C1(C(=O)NCc2ccccc2Cl)CCC1. The van der Waals surface area contributed by atoms with Gasteiger partial charge < -0.3 is 16.3 Å². The minimum atomic E-state index is -0.851.